The number of benzene rings is 5. The van der Waals surface area contributed by atoms with Crippen molar-refractivity contribution in [3.05, 3.63) is 123 Å². The molecule has 2 nitrogen and oxygen atoms in total. The minimum atomic E-state index is -0.00451. The van der Waals surface area contributed by atoms with E-state index in [4.69, 9.17) is 0 Å². The first kappa shape index (κ1) is 47.4. The van der Waals surface area contributed by atoms with Gasteiger partial charge in [0.1, 0.15) is 0 Å². The van der Waals surface area contributed by atoms with Gasteiger partial charge >= 0.3 is 0 Å². The number of hydrogen-bond acceptors (Lipinski definition) is 3. The quantitative estimate of drug-likeness (QED) is 0.163. The Kier molecular flexibility index (Phi) is 9.87. The van der Waals surface area contributed by atoms with E-state index in [1.54, 1.807) is 27.8 Å². The first-order chi connectivity index (χ1) is 33.6. The summed E-state index contributed by atoms with van der Waals surface area (Å²) in [7, 11) is 0. The molecule has 0 spiro atoms. The van der Waals surface area contributed by atoms with Crippen molar-refractivity contribution in [1.29, 1.82) is 0 Å². The first-order valence-electron chi connectivity index (χ1n) is 28.5. The standard InChI is InChI=1S/C68H83BN2S/c1-39-25-44(62(3,4)5)18-20-53(39)70-55-30-45(63(6,7)8)17-19-52(55)69-59-56(70)31-46(68-36-41-27-42(37-68)29-43(28-41)38-68)32-57(59)71(54-34-50-48(26-40(54)2)64(9,10)21-23-66(50,13)14)60-47-33-49-51(35-58(47)72-61(60)69)67(15,16)24-22-65(49,11)12/h17-20,25-26,30-35,41-43H,21-24,27-29,36-38H2,1-16H3. The van der Waals surface area contributed by atoms with Crippen molar-refractivity contribution in [2.75, 3.05) is 9.80 Å². The van der Waals surface area contributed by atoms with Gasteiger partial charge in [0.2, 0.25) is 0 Å². The Balaban J connectivity index is 1.18. The summed E-state index contributed by atoms with van der Waals surface area (Å²) in [5, 5.41) is 1.45. The van der Waals surface area contributed by atoms with E-state index in [1.165, 1.54) is 146 Å². The van der Waals surface area contributed by atoms with Crippen LogP contribution in [-0.2, 0) is 37.9 Å². The zero-order valence-electron chi connectivity index (χ0n) is 47.1. The maximum Gasteiger partial charge on any atom is 0.264 e. The second-order valence-electron chi connectivity index (χ2n) is 29.9. The van der Waals surface area contributed by atoms with Crippen LogP contribution in [0.2, 0.25) is 0 Å². The third-order valence-electron chi connectivity index (χ3n) is 20.9. The maximum atomic E-state index is 2.90. The fourth-order valence-electron chi connectivity index (χ4n) is 16.6. The Morgan fingerprint density at radius 3 is 1.54 bits per heavy atom. The minimum Gasteiger partial charge on any atom is -0.311 e. The van der Waals surface area contributed by atoms with Gasteiger partial charge in [0.25, 0.3) is 6.71 Å². The first-order valence-corrected chi connectivity index (χ1v) is 29.3. The van der Waals surface area contributed by atoms with Crippen LogP contribution >= 0.6 is 11.3 Å². The van der Waals surface area contributed by atoms with Crippen LogP contribution in [0, 0.1) is 31.6 Å². The van der Waals surface area contributed by atoms with Gasteiger partial charge in [0, 0.05) is 43.3 Å². The van der Waals surface area contributed by atoms with E-state index in [-0.39, 0.29) is 44.6 Å². The summed E-state index contributed by atoms with van der Waals surface area (Å²) in [6.07, 6.45) is 13.2. The number of anilines is 6. The second-order valence-corrected chi connectivity index (χ2v) is 31.0. The normalized spacial score (nSPS) is 25.8. The minimum absolute atomic E-state index is 0.00451. The van der Waals surface area contributed by atoms with Gasteiger partial charge in [-0.3, -0.25) is 0 Å². The highest BCUT2D eigenvalue weighted by atomic mass is 32.1. The Hall–Kier alpha value is -4.28. The molecule has 0 atom stereocenters. The fraction of sp³-hybridized carbons (Fsp3) is 0.529. The average Bonchev–Trinajstić information content (AvgIpc) is 3.66. The summed E-state index contributed by atoms with van der Waals surface area (Å²) >= 11 is 2.11. The Morgan fingerprint density at radius 2 is 0.986 bits per heavy atom. The Labute approximate surface area is 438 Å². The summed E-state index contributed by atoms with van der Waals surface area (Å²) in [6, 6.07) is 31.5. The van der Waals surface area contributed by atoms with E-state index in [9.17, 15) is 0 Å². The smallest absolute Gasteiger partial charge is 0.264 e. The zero-order valence-corrected chi connectivity index (χ0v) is 47.9. The molecule has 14 rings (SSSR count). The molecule has 1 aromatic heterocycles. The number of hydrogen-bond donors (Lipinski definition) is 0. The number of thiophene rings is 1. The monoisotopic (exact) mass is 971 g/mol. The van der Waals surface area contributed by atoms with E-state index in [2.05, 4.69) is 205 Å². The van der Waals surface area contributed by atoms with E-state index in [0.717, 1.165) is 17.8 Å². The second kappa shape index (κ2) is 15.0. The number of nitrogens with zero attached hydrogens (tertiary/aromatic N) is 2. The average molecular weight is 971 g/mol. The summed E-state index contributed by atoms with van der Waals surface area (Å²) in [5.41, 5.74) is 25.4. The lowest BCUT2D eigenvalue weighted by Gasteiger charge is -2.57. The van der Waals surface area contributed by atoms with Gasteiger partial charge in [0.15, 0.2) is 0 Å². The number of aryl methyl sites for hydroxylation is 2. The highest BCUT2D eigenvalue weighted by Crippen LogP contribution is 2.63. The van der Waals surface area contributed by atoms with Gasteiger partial charge in [-0.25, -0.2) is 0 Å². The molecule has 0 amide bonds. The van der Waals surface area contributed by atoms with Crippen molar-refractivity contribution in [3.63, 3.8) is 0 Å². The molecule has 0 saturated heterocycles. The van der Waals surface area contributed by atoms with Gasteiger partial charge in [-0.1, -0.05) is 127 Å². The van der Waals surface area contributed by atoms with Crippen LogP contribution in [0.5, 0.6) is 0 Å². The van der Waals surface area contributed by atoms with Crippen LogP contribution in [0.15, 0.2) is 72.8 Å². The molecule has 374 valence electrons. The predicted molar refractivity (Wildman–Crippen MR) is 313 cm³/mol. The third kappa shape index (κ3) is 6.83. The van der Waals surface area contributed by atoms with E-state index < -0.39 is 0 Å². The molecule has 0 unspecified atom stereocenters. The van der Waals surface area contributed by atoms with Crippen molar-refractivity contribution in [3.8, 4) is 0 Å². The molecule has 4 fully saturated rings. The lowest BCUT2D eigenvalue weighted by Crippen LogP contribution is -2.61. The Bertz CT molecular complexity index is 3270. The topological polar surface area (TPSA) is 6.48 Å². The molecule has 4 saturated carbocycles. The molecule has 3 heterocycles. The van der Waals surface area contributed by atoms with E-state index >= 15 is 0 Å². The van der Waals surface area contributed by atoms with Gasteiger partial charge in [-0.05, 0) is 237 Å². The van der Waals surface area contributed by atoms with E-state index in [1.807, 2.05) is 0 Å². The summed E-state index contributed by atoms with van der Waals surface area (Å²) in [4.78, 5) is 5.69. The molecule has 4 bridgehead atoms. The fourth-order valence-corrected chi connectivity index (χ4v) is 17.9. The van der Waals surface area contributed by atoms with Gasteiger partial charge < -0.3 is 9.80 Å². The molecule has 2 aliphatic heterocycles. The Morgan fingerprint density at radius 1 is 0.500 bits per heavy atom. The largest absolute Gasteiger partial charge is 0.311 e. The SMILES string of the molecule is Cc1cc(C(C)(C)C)ccc1N1c2cc(C(C)(C)C)ccc2B2c3sc4cc5c(cc4c3N(c3cc4c(cc3C)C(C)(C)CCC4(C)C)c3cc(C46CC7CC(CC(C7)C4)C6)cc1c32)C(C)(C)CCC5(C)C. The van der Waals surface area contributed by atoms with Crippen LogP contribution in [0.1, 0.15) is 211 Å². The van der Waals surface area contributed by atoms with Crippen LogP contribution in [0.25, 0.3) is 10.1 Å². The molecule has 6 aliphatic carbocycles. The molecular weight excluding hydrogens is 888 g/mol. The maximum absolute atomic E-state index is 2.90. The molecular formula is C68H83BN2S. The molecule has 72 heavy (non-hydrogen) atoms. The molecule has 4 heteroatoms. The van der Waals surface area contributed by atoms with Crippen LogP contribution in [0.3, 0.4) is 0 Å². The predicted octanol–water partition coefficient (Wildman–Crippen LogP) is 17.4. The van der Waals surface area contributed by atoms with Gasteiger partial charge in [-0.15, -0.1) is 11.3 Å². The molecule has 0 N–H and O–H groups in total. The van der Waals surface area contributed by atoms with Crippen LogP contribution in [0.4, 0.5) is 34.1 Å². The van der Waals surface area contributed by atoms with Crippen molar-refractivity contribution in [2.24, 2.45) is 17.8 Å². The van der Waals surface area contributed by atoms with E-state index in [0.29, 0.717) is 0 Å². The molecule has 5 aromatic carbocycles. The summed E-state index contributed by atoms with van der Waals surface area (Å²) < 4.78 is 2.96. The van der Waals surface area contributed by atoms with Gasteiger partial charge in [-0.2, -0.15) is 0 Å². The van der Waals surface area contributed by atoms with Gasteiger partial charge in [0.05, 0.1) is 5.69 Å². The highest BCUT2D eigenvalue weighted by Gasteiger charge is 2.54. The van der Waals surface area contributed by atoms with Crippen LogP contribution in [-0.4, -0.2) is 6.71 Å². The van der Waals surface area contributed by atoms with Crippen molar-refractivity contribution in [1.82, 2.24) is 0 Å². The number of rotatable bonds is 3. The number of fused-ring (bicyclic) bond motifs is 8. The van der Waals surface area contributed by atoms with Crippen LogP contribution < -0.4 is 25.5 Å². The lowest BCUT2D eigenvalue weighted by atomic mass is 9.36. The van der Waals surface area contributed by atoms with Crippen molar-refractivity contribution < 1.29 is 0 Å². The molecule has 0 radical (unpaired) electrons. The summed E-state index contributed by atoms with van der Waals surface area (Å²) in [5.74, 6) is 2.56. The third-order valence-corrected chi connectivity index (χ3v) is 22.1. The molecule has 8 aliphatic rings. The zero-order chi connectivity index (χ0) is 50.8. The molecule has 6 aromatic rings. The highest BCUT2D eigenvalue weighted by molar-refractivity contribution is 7.33. The van der Waals surface area contributed by atoms with Crippen molar-refractivity contribution >= 4 is 78.0 Å². The lowest BCUT2D eigenvalue weighted by molar-refractivity contribution is -0.00514. The van der Waals surface area contributed by atoms with Crippen molar-refractivity contribution in [2.45, 2.75) is 213 Å². The summed E-state index contributed by atoms with van der Waals surface area (Å²) in [6.45, 7) is 39.4.